The minimum Gasteiger partial charge on any atom is -0.395 e. The van der Waals surface area contributed by atoms with Gasteiger partial charge in [0.15, 0.2) is 5.82 Å². The lowest BCUT2D eigenvalue weighted by molar-refractivity contribution is 0.0933. The highest BCUT2D eigenvalue weighted by Crippen LogP contribution is 2.08. The van der Waals surface area contributed by atoms with Crippen molar-refractivity contribution in [2.75, 3.05) is 6.61 Å². The maximum atomic E-state index is 12.2. The van der Waals surface area contributed by atoms with Crippen LogP contribution in [0.5, 0.6) is 0 Å². The average Bonchev–Trinajstić information content (AvgIpc) is 3.02. The molecule has 2 heterocycles. The molecular formula is C13H14N6O2. The van der Waals surface area contributed by atoms with E-state index in [0.717, 1.165) is 0 Å². The van der Waals surface area contributed by atoms with Crippen molar-refractivity contribution in [2.45, 2.75) is 19.4 Å². The molecule has 2 aromatic heterocycles. The summed E-state index contributed by atoms with van der Waals surface area (Å²) in [5, 5.41) is 24.8. The standard InChI is InChI=1S/C13H14N6O2/c1-9(12-16-18-19-17-12)15-13(21)11-10(5-2-3-8-20)6-4-7-14-11/h4,6-7,9,20H,3,8H2,1H3,(H,15,21)(H,16,17,18,19). The van der Waals surface area contributed by atoms with Crippen LogP contribution in [-0.2, 0) is 0 Å². The fraction of sp³-hybridized carbons (Fsp3) is 0.308. The van der Waals surface area contributed by atoms with E-state index >= 15 is 0 Å². The second kappa shape index (κ2) is 7.12. The van der Waals surface area contributed by atoms with Gasteiger partial charge in [-0.05, 0) is 19.1 Å². The first-order chi connectivity index (χ1) is 10.2. The van der Waals surface area contributed by atoms with Gasteiger partial charge in [-0.15, -0.1) is 10.2 Å². The number of rotatable bonds is 4. The summed E-state index contributed by atoms with van der Waals surface area (Å²) in [6.07, 6.45) is 1.86. The van der Waals surface area contributed by atoms with E-state index in [1.807, 2.05) is 0 Å². The van der Waals surface area contributed by atoms with E-state index < -0.39 is 6.04 Å². The highest BCUT2D eigenvalue weighted by atomic mass is 16.2. The monoisotopic (exact) mass is 286 g/mol. The molecule has 0 saturated carbocycles. The topological polar surface area (TPSA) is 117 Å². The zero-order valence-electron chi connectivity index (χ0n) is 11.4. The number of hydrogen-bond acceptors (Lipinski definition) is 6. The zero-order chi connectivity index (χ0) is 15.1. The number of tetrazole rings is 1. The number of aliphatic hydroxyl groups is 1. The molecule has 0 radical (unpaired) electrons. The average molecular weight is 286 g/mol. The molecule has 0 aliphatic carbocycles. The molecule has 0 aliphatic heterocycles. The number of pyridine rings is 1. The van der Waals surface area contributed by atoms with Gasteiger partial charge in [-0.2, -0.15) is 5.21 Å². The van der Waals surface area contributed by atoms with Crippen LogP contribution >= 0.6 is 0 Å². The van der Waals surface area contributed by atoms with Gasteiger partial charge < -0.3 is 10.4 Å². The van der Waals surface area contributed by atoms with Crippen LogP contribution in [-0.4, -0.2) is 43.2 Å². The molecule has 21 heavy (non-hydrogen) atoms. The molecule has 1 atom stereocenters. The van der Waals surface area contributed by atoms with E-state index in [0.29, 0.717) is 17.8 Å². The Hall–Kier alpha value is -2.79. The predicted molar refractivity (Wildman–Crippen MR) is 72.9 cm³/mol. The van der Waals surface area contributed by atoms with Crippen molar-refractivity contribution in [3.8, 4) is 11.8 Å². The Bertz CT molecular complexity index is 659. The summed E-state index contributed by atoms with van der Waals surface area (Å²) in [5.74, 6) is 5.60. The summed E-state index contributed by atoms with van der Waals surface area (Å²) >= 11 is 0. The Labute approximate surface area is 121 Å². The number of amides is 1. The van der Waals surface area contributed by atoms with Crippen molar-refractivity contribution < 1.29 is 9.90 Å². The largest absolute Gasteiger partial charge is 0.395 e. The Balaban J connectivity index is 2.14. The van der Waals surface area contributed by atoms with Crippen LogP contribution in [0.15, 0.2) is 18.3 Å². The highest BCUT2D eigenvalue weighted by Gasteiger charge is 2.17. The fourth-order valence-electron chi connectivity index (χ4n) is 1.58. The first kappa shape index (κ1) is 14.6. The van der Waals surface area contributed by atoms with E-state index in [2.05, 4.69) is 42.8 Å². The lowest BCUT2D eigenvalue weighted by Crippen LogP contribution is -2.28. The molecule has 0 spiro atoms. The van der Waals surface area contributed by atoms with Gasteiger partial charge in [-0.25, -0.2) is 4.98 Å². The van der Waals surface area contributed by atoms with Crippen molar-refractivity contribution >= 4 is 5.91 Å². The van der Waals surface area contributed by atoms with E-state index in [4.69, 9.17) is 5.11 Å². The normalized spacial score (nSPS) is 11.3. The van der Waals surface area contributed by atoms with E-state index in [9.17, 15) is 4.79 Å². The van der Waals surface area contributed by atoms with Crippen molar-refractivity contribution in [1.82, 2.24) is 30.9 Å². The first-order valence-corrected chi connectivity index (χ1v) is 6.31. The summed E-state index contributed by atoms with van der Waals surface area (Å²) < 4.78 is 0. The van der Waals surface area contributed by atoms with Crippen LogP contribution < -0.4 is 5.32 Å². The number of nitrogens with one attached hydrogen (secondary N) is 2. The maximum absolute atomic E-state index is 12.2. The molecule has 0 aliphatic rings. The van der Waals surface area contributed by atoms with Gasteiger partial charge in [0.25, 0.3) is 5.91 Å². The summed E-state index contributed by atoms with van der Waals surface area (Å²) in [5.41, 5.74) is 0.724. The van der Waals surface area contributed by atoms with Gasteiger partial charge in [0, 0.05) is 12.6 Å². The second-order valence-corrected chi connectivity index (χ2v) is 4.14. The Morgan fingerprint density at radius 3 is 3.14 bits per heavy atom. The molecule has 8 heteroatoms. The van der Waals surface area contributed by atoms with Crippen LogP contribution in [0, 0.1) is 11.8 Å². The Kier molecular flexibility index (Phi) is 4.95. The summed E-state index contributed by atoms with van der Waals surface area (Å²) in [6.45, 7) is 1.71. The quantitative estimate of drug-likeness (QED) is 0.671. The predicted octanol–water partition coefficient (Wildman–Crippen LogP) is -0.180. The molecule has 3 N–H and O–H groups in total. The minimum atomic E-state index is -0.406. The fourth-order valence-corrected chi connectivity index (χ4v) is 1.58. The Morgan fingerprint density at radius 1 is 1.57 bits per heavy atom. The number of aromatic amines is 1. The number of carbonyl (C=O) groups excluding carboxylic acids is 1. The molecule has 0 bridgehead atoms. The third kappa shape index (κ3) is 3.84. The van der Waals surface area contributed by atoms with Gasteiger partial charge in [-0.3, -0.25) is 4.79 Å². The van der Waals surface area contributed by atoms with Gasteiger partial charge in [0.05, 0.1) is 18.2 Å². The van der Waals surface area contributed by atoms with Crippen molar-refractivity contribution in [3.63, 3.8) is 0 Å². The highest BCUT2D eigenvalue weighted by molar-refractivity contribution is 5.94. The molecular weight excluding hydrogens is 272 g/mol. The SMILES string of the molecule is CC(NC(=O)c1ncccc1C#CCCO)c1nn[nH]n1. The number of hydrogen-bond donors (Lipinski definition) is 3. The summed E-state index contributed by atoms with van der Waals surface area (Å²) in [7, 11) is 0. The van der Waals surface area contributed by atoms with Gasteiger partial charge >= 0.3 is 0 Å². The number of carbonyl (C=O) groups is 1. The van der Waals surface area contributed by atoms with E-state index in [-0.39, 0.29) is 18.2 Å². The van der Waals surface area contributed by atoms with Crippen LogP contribution in [0.4, 0.5) is 0 Å². The maximum Gasteiger partial charge on any atom is 0.271 e. The Morgan fingerprint density at radius 2 is 2.43 bits per heavy atom. The lowest BCUT2D eigenvalue weighted by atomic mass is 10.1. The molecule has 1 amide bonds. The minimum absolute atomic E-state index is 0.0242. The second-order valence-electron chi connectivity index (χ2n) is 4.14. The molecule has 1 unspecified atom stereocenters. The molecule has 0 fully saturated rings. The molecule has 2 rings (SSSR count). The van der Waals surface area contributed by atoms with E-state index in [1.165, 1.54) is 6.20 Å². The van der Waals surface area contributed by atoms with Crippen LogP contribution in [0.25, 0.3) is 0 Å². The number of aliphatic hydroxyl groups excluding tert-OH is 1. The van der Waals surface area contributed by atoms with Crippen molar-refractivity contribution in [3.05, 3.63) is 35.4 Å². The van der Waals surface area contributed by atoms with Gasteiger partial charge in [0.1, 0.15) is 5.69 Å². The van der Waals surface area contributed by atoms with Crippen LogP contribution in [0.3, 0.4) is 0 Å². The third-order valence-electron chi connectivity index (χ3n) is 2.58. The van der Waals surface area contributed by atoms with Crippen LogP contribution in [0.1, 0.15) is 41.3 Å². The summed E-state index contributed by atoms with van der Waals surface area (Å²) in [4.78, 5) is 16.3. The van der Waals surface area contributed by atoms with E-state index in [1.54, 1.807) is 19.1 Å². The number of aromatic nitrogens is 5. The lowest BCUT2D eigenvalue weighted by Gasteiger charge is -2.10. The van der Waals surface area contributed by atoms with Crippen LogP contribution in [0.2, 0.25) is 0 Å². The summed E-state index contributed by atoms with van der Waals surface area (Å²) in [6, 6.07) is 2.99. The first-order valence-electron chi connectivity index (χ1n) is 6.31. The molecule has 0 saturated heterocycles. The van der Waals surface area contributed by atoms with Gasteiger partial charge in [-0.1, -0.05) is 17.1 Å². The molecule has 8 nitrogen and oxygen atoms in total. The molecule has 108 valence electrons. The third-order valence-corrected chi connectivity index (χ3v) is 2.58. The van der Waals surface area contributed by atoms with Crippen molar-refractivity contribution in [1.29, 1.82) is 0 Å². The number of H-pyrrole nitrogens is 1. The van der Waals surface area contributed by atoms with Gasteiger partial charge in [0.2, 0.25) is 0 Å². The number of nitrogens with zero attached hydrogens (tertiary/aromatic N) is 4. The zero-order valence-corrected chi connectivity index (χ0v) is 11.4. The smallest absolute Gasteiger partial charge is 0.271 e. The molecule has 2 aromatic rings. The van der Waals surface area contributed by atoms with Crippen molar-refractivity contribution in [2.24, 2.45) is 0 Å². The molecule has 0 aromatic carbocycles.